The Morgan fingerprint density at radius 2 is 0.974 bits per heavy atom. The SMILES string of the molecule is Brc1cnc(Br)cn1.CC(C)(C)OC(=O)N[C@@H]1c2cc(F)ccc2OC12CCN(c1cnc(Br)cn1)CC2.N[C@@H]1c2cc(F)ccc2OC12CCN(c1cnc(Br)cn1)CC2.N[C@@H]1c2cc(F)ccc2OC12CCNCC2.[2H]F. The van der Waals surface area contributed by atoms with Crippen molar-refractivity contribution < 1.29 is 41.6 Å². The van der Waals surface area contributed by atoms with Gasteiger partial charge in [-0.25, -0.2) is 47.9 Å². The van der Waals surface area contributed by atoms with Crippen LogP contribution < -0.4 is 46.1 Å². The molecule has 3 spiro atoms. The molecule has 6 aliphatic heterocycles. The normalized spacial score (nSPS) is 20.6. The molecular formula is C53H58Br4F4N12O5. The lowest BCUT2D eigenvalue weighted by Gasteiger charge is -2.42. The number of nitrogens with zero attached hydrogens (tertiary/aromatic N) is 8. The number of alkyl carbamates (subject to hydrolysis) is 1. The molecule has 17 nitrogen and oxygen atoms in total. The van der Waals surface area contributed by atoms with Crippen LogP contribution in [-0.2, 0) is 4.74 Å². The first-order valence-corrected chi connectivity index (χ1v) is 28.1. The zero-order chi connectivity index (χ0) is 56.7. The molecule has 3 aromatic carbocycles. The smallest absolute Gasteiger partial charge is 0.408 e. The lowest BCUT2D eigenvalue weighted by atomic mass is 9.82. The number of amides is 1. The predicted octanol–water partition coefficient (Wildman–Crippen LogP) is 10.7. The first kappa shape index (κ1) is 57.4. The van der Waals surface area contributed by atoms with Gasteiger partial charge in [0.1, 0.15) is 93.2 Å². The van der Waals surface area contributed by atoms with Crippen molar-refractivity contribution in [1.82, 2.24) is 40.5 Å². The molecule has 9 heterocycles. The Balaban J connectivity index is 0.000000148. The first-order valence-electron chi connectivity index (χ1n) is 25.4. The minimum Gasteiger partial charge on any atom is -0.485 e. The fourth-order valence-electron chi connectivity index (χ4n) is 10.4. The van der Waals surface area contributed by atoms with Gasteiger partial charge < -0.3 is 50.8 Å². The summed E-state index contributed by atoms with van der Waals surface area (Å²) in [5.74, 6) is 2.78. The number of aromatic nitrogens is 6. The van der Waals surface area contributed by atoms with E-state index in [2.05, 4.69) is 116 Å². The second-order valence-corrected chi connectivity index (χ2v) is 23.6. The molecule has 0 radical (unpaired) electrons. The van der Waals surface area contributed by atoms with Crippen LogP contribution in [-0.4, -0.2) is 99.1 Å². The number of hydrogen-bond donors (Lipinski definition) is 4. The van der Waals surface area contributed by atoms with Crippen LogP contribution in [0.1, 0.15) is 94.1 Å². The molecule has 12 rings (SSSR count). The number of carbonyl (C=O) groups is 1. The summed E-state index contributed by atoms with van der Waals surface area (Å²) in [7, 11) is 0. The van der Waals surface area contributed by atoms with Crippen molar-refractivity contribution in [2.24, 2.45) is 11.5 Å². The number of hydrogen-bond acceptors (Lipinski definition) is 16. The molecule has 3 saturated heterocycles. The van der Waals surface area contributed by atoms with Gasteiger partial charge >= 0.3 is 6.09 Å². The van der Waals surface area contributed by atoms with Gasteiger partial charge in [-0.1, -0.05) is 0 Å². The number of rotatable bonds is 3. The van der Waals surface area contributed by atoms with Crippen LogP contribution >= 0.6 is 63.7 Å². The third kappa shape index (κ3) is 13.5. The molecule has 0 bridgehead atoms. The topological polar surface area (TPSA) is 214 Å². The van der Waals surface area contributed by atoms with Crippen molar-refractivity contribution in [3.05, 3.63) is 144 Å². The Morgan fingerprint density at radius 1 is 0.615 bits per heavy atom. The van der Waals surface area contributed by atoms with Gasteiger partial charge in [-0.2, -0.15) is 0 Å². The van der Waals surface area contributed by atoms with E-state index in [4.69, 9.17) is 35.1 Å². The van der Waals surface area contributed by atoms with Crippen LogP contribution in [0.2, 0.25) is 0 Å². The summed E-state index contributed by atoms with van der Waals surface area (Å²) >= 11 is 12.9. The number of halogens is 8. The van der Waals surface area contributed by atoms with Gasteiger partial charge in [0.15, 0.2) is 0 Å². The molecule has 0 unspecified atom stereocenters. The van der Waals surface area contributed by atoms with E-state index < -0.39 is 28.9 Å². The molecule has 6 aliphatic rings. The quantitative estimate of drug-likeness (QED) is 0.121. The summed E-state index contributed by atoms with van der Waals surface area (Å²) < 4.78 is 80.4. The second-order valence-electron chi connectivity index (χ2n) is 20.4. The van der Waals surface area contributed by atoms with Gasteiger partial charge in [0.2, 0.25) is 0 Å². The van der Waals surface area contributed by atoms with E-state index in [-0.39, 0.29) is 35.1 Å². The zero-order valence-electron chi connectivity index (χ0n) is 43.7. The zero-order valence-corrected chi connectivity index (χ0v) is 49.0. The van der Waals surface area contributed by atoms with Crippen molar-refractivity contribution in [1.29, 1.82) is 1.45 Å². The summed E-state index contributed by atoms with van der Waals surface area (Å²) in [4.78, 5) is 41.9. The van der Waals surface area contributed by atoms with Crippen LogP contribution in [0.5, 0.6) is 17.2 Å². The number of fused-ring (bicyclic) bond motifs is 3. The van der Waals surface area contributed by atoms with E-state index in [1.807, 2.05) is 0 Å². The maximum absolute atomic E-state index is 14.0. The summed E-state index contributed by atoms with van der Waals surface area (Å²) in [5, 5.41) is 6.22. The Hall–Kier alpha value is -5.31. The van der Waals surface area contributed by atoms with E-state index >= 15 is 0 Å². The average molecular weight is 1340 g/mol. The Morgan fingerprint density at radius 3 is 1.37 bits per heavy atom. The summed E-state index contributed by atoms with van der Waals surface area (Å²) in [5.41, 5.74) is 12.7. The van der Waals surface area contributed by atoms with E-state index in [0.29, 0.717) is 52.2 Å². The standard InChI is InChI=1S/C21H24BrFN4O3.C16H16BrFN4O.C12H15FN2O.C4H2Br2N2.FH/c1-20(2,3)30-19(28)26-18-14-10-13(23)4-5-15(14)29-21(18)6-8-27(9-7-21)17-12-24-16(22)11-25-17;17-13-8-21-14(9-20-13)22-5-3-16(4-6-22)15(19)11-7-10(18)1-2-12(11)23-16;13-8-1-2-10-9(7-8)11(14)12(16-10)3-5-15-6-4-12;5-3-1-7-4(6)2-8-3;/h4-5,10-12,18H,6-9H2,1-3H3,(H,26,28);1-2,7-9,15H,3-6,19H2;1-2,7,11,15H,3-6,14H2;1-2H;1H/t18-;15-;11-;;/m111../s1/i/hD. The first-order chi connectivity index (χ1) is 37.7. The van der Waals surface area contributed by atoms with E-state index in [9.17, 15) is 18.0 Å². The largest absolute Gasteiger partial charge is 0.485 e. The van der Waals surface area contributed by atoms with Crippen molar-refractivity contribution in [3.8, 4) is 17.2 Å². The number of nitrogens with two attached hydrogens (primary N) is 2. The number of carbonyl (C=O) groups excluding carboxylic acids is 1. The van der Waals surface area contributed by atoms with E-state index in [1.54, 1.807) is 76.2 Å². The van der Waals surface area contributed by atoms with Gasteiger partial charge in [0, 0.05) is 81.4 Å². The van der Waals surface area contributed by atoms with Crippen molar-refractivity contribution >= 4 is 81.4 Å². The predicted molar refractivity (Wildman–Crippen MR) is 300 cm³/mol. The van der Waals surface area contributed by atoms with Crippen LogP contribution in [0.3, 0.4) is 0 Å². The van der Waals surface area contributed by atoms with Gasteiger partial charge in [0.25, 0.3) is 1.45 Å². The highest BCUT2D eigenvalue weighted by atomic mass is 79.9. The summed E-state index contributed by atoms with van der Waals surface area (Å²) in [6, 6.07) is 12.6. The third-order valence-electron chi connectivity index (χ3n) is 14.3. The minimum absolute atomic E-state index is 0.208. The molecule has 416 valence electrons. The van der Waals surface area contributed by atoms with Gasteiger partial charge in [-0.3, -0.25) is 4.72 Å². The Bertz CT molecular complexity index is 3010. The van der Waals surface area contributed by atoms with Gasteiger partial charge in [0.05, 0.1) is 49.3 Å². The number of anilines is 2. The highest BCUT2D eigenvalue weighted by Gasteiger charge is 2.52. The molecule has 1 amide bonds. The molecule has 3 fully saturated rings. The average Bonchev–Trinajstić information content (AvgIpc) is 4.17. The maximum Gasteiger partial charge on any atom is 0.408 e. The molecule has 78 heavy (non-hydrogen) atoms. The van der Waals surface area contributed by atoms with Crippen molar-refractivity contribution in [3.63, 3.8) is 0 Å². The number of nitrogens with one attached hydrogen (secondary N) is 2. The van der Waals surface area contributed by atoms with E-state index in [0.717, 1.165) is 89.6 Å². The fourth-order valence-corrected chi connectivity index (χ4v) is 11.2. The Kier molecular flexibility index (Phi) is 18.1. The number of ether oxygens (including phenoxy) is 4. The molecule has 6 aromatic rings. The molecule has 25 heteroatoms. The van der Waals surface area contributed by atoms with Crippen LogP contribution in [0.4, 0.5) is 34.3 Å². The number of benzene rings is 3. The van der Waals surface area contributed by atoms with Gasteiger partial charge in [-0.15, -0.1) is 0 Å². The monoisotopic (exact) mass is 1340 g/mol. The third-order valence-corrected chi connectivity index (χ3v) is 15.9. The summed E-state index contributed by atoms with van der Waals surface area (Å²) in [6.45, 7) is 10.1. The minimum atomic E-state index is -0.674. The van der Waals surface area contributed by atoms with Gasteiger partial charge in [-0.05, 0) is 152 Å². The van der Waals surface area contributed by atoms with Crippen LogP contribution in [0.15, 0.2) is 110 Å². The second kappa shape index (κ2) is 24.6. The molecule has 3 aromatic heterocycles. The molecule has 3 atom stereocenters. The fraction of sp³-hybridized carbons (Fsp3) is 0.415. The number of piperidine rings is 3. The van der Waals surface area contributed by atoms with Crippen LogP contribution in [0, 0.1) is 17.5 Å². The highest BCUT2D eigenvalue weighted by molar-refractivity contribution is 9.11. The summed E-state index contributed by atoms with van der Waals surface area (Å²) in [6.07, 6.45) is 14.1. The Labute approximate surface area is 484 Å². The van der Waals surface area contributed by atoms with Crippen molar-refractivity contribution in [2.75, 3.05) is 49.1 Å². The van der Waals surface area contributed by atoms with Crippen molar-refractivity contribution in [2.45, 2.75) is 99.8 Å². The lowest BCUT2D eigenvalue weighted by Crippen LogP contribution is -2.54. The molecule has 0 saturated carbocycles. The molecule has 0 aliphatic carbocycles. The highest BCUT2D eigenvalue weighted by Crippen LogP contribution is 2.50. The maximum atomic E-state index is 14.0. The molecule has 6 N–H and O–H groups in total. The lowest BCUT2D eigenvalue weighted by molar-refractivity contribution is 0.0149. The van der Waals surface area contributed by atoms with Crippen LogP contribution in [0.25, 0.3) is 0 Å². The molecular weight excluding hydrogens is 1280 g/mol. The van der Waals surface area contributed by atoms with E-state index in [1.165, 1.54) is 36.4 Å².